The number of rotatable bonds is 6. The van der Waals surface area contributed by atoms with Gasteiger partial charge >= 0.3 is 6.03 Å². The number of nitrogens with zero attached hydrogens (tertiary/aromatic N) is 1. The van der Waals surface area contributed by atoms with Crippen molar-refractivity contribution in [2.75, 3.05) is 19.7 Å². The van der Waals surface area contributed by atoms with Crippen molar-refractivity contribution in [1.29, 1.82) is 0 Å². The van der Waals surface area contributed by atoms with Gasteiger partial charge in [-0.15, -0.1) is 0 Å². The number of hydrogen-bond acceptors (Lipinski definition) is 3. The standard InChI is InChI=1S/C22H28N2O3/c1-17-6-2-3-10-21(17)27-16-20-9-5-11-24(14-20)22(26)23-13-18-7-4-8-19(12-18)15-25/h2-4,6-8,10,12,20,25H,5,9,11,13-16H2,1H3,(H,23,26)/t20-/m0/s1. The Bertz CT molecular complexity index is 763. The van der Waals surface area contributed by atoms with E-state index in [1.165, 1.54) is 0 Å². The summed E-state index contributed by atoms with van der Waals surface area (Å²) in [6.07, 6.45) is 2.07. The van der Waals surface area contributed by atoms with E-state index in [0.717, 1.165) is 41.8 Å². The summed E-state index contributed by atoms with van der Waals surface area (Å²) in [5.41, 5.74) is 2.98. The lowest BCUT2D eigenvalue weighted by atomic mass is 9.99. The number of likely N-dealkylation sites (tertiary alicyclic amines) is 1. The quantitative estimate of drug-likeness (QED) is 0.820. The van der Waals surface area contributed by atoms with Crippen LogP contribution in [0.25, 0.3) is 0 Å². The van der Waals surface area contributed by atoms with E-state index in [9.17, 15) is 9.90 Å². The molecule has 144 valence electrons. The van der Waals surface area contributed by atoms with E-state index in [4.69, 9.17) is 4.74 Å². The summed E-state index contributed by atoms with van der Waals surface area (Å²) < 4.78 is 5.98. The molecule has 0 bridgehead atoms. The molecule has 2 aromatic carbocycles. The van der Waals surface area contributed by atoms with Crippen LogP contribution in [0.5, 0.6) is 5.75 Å². The van der Waals surface area contributed by atoms with E-state index in [0.29, 0.717) is 25.6 Å². The van der Waals surface area contributed by atoms with Crippen LogP contribution in [0.15, 0.2) is 48.5 Å². The number of ether oxygens (including phenoxy) is 1. The van der Waals surface area contributed by atoms with Crippen LogP contribution in [-0.2, 0) is 13.2 Å². The smallest absolute Gasteiger partial charge is 0.317 e. The summed E-state index contributed by atoms with van der Waals surface area (Å²) in [4.78, 5) is 14.4. The second kappa shape index (κ2) is 9.42. The molecule has 1 aliphatic heterocycles. The van der Waals surface area contributed by atoms with Crippen molar-refractivity contribution < 1.29 is 14.6 Å². The van der Waals surface area contributed by atoms with Gasteiger partial charge in [0.2, 0.25) is 0 Å². The third kappa shape index (κ3) is 5.47. The van der Waals surface area contributed by atoms with Crippen molar-refractivity contribution in [2.45, 2.75) is 32.9 Å². The molecule has 27 heavy (non-hydrogen) atoms. The van der Waals surface area contributed by atoms with E-state index in [1.54, 1.807) is 0 Å². The lowest BCUT2D eigenvalue weighted by molar-refractivity contribution is 0.137. The van der Waals surface area contributed by atoms with Gasteiger partial charge in [0, 0.05) is 25.6 Å². The Morgan fingerprint density at radius 2 is 2.04 bits per heavy atom. The van der Waals surface area contributed by atoms with E-state index >= 15 is 0 Å². The highest BCUT2D eigenvalue weighted by Gasteiger charge is 2.24. The number of para-hydroxylation sites is 1. The Balaban J connectivity index is 1.48. The van der Waals surface area contributed by atoms with Gasteiger partial charge in [-0.2, -0.15) is 0 Å². The second-order valence-electron chi connectivity index (χ2n) is 7.17. The molecule has 5 heteroatoms. The van der Waals surface area contributed by atoms with E-state index in [2.05, 4.69) is 5.32 Å². The number of aliphatic hydroxyl groups excluding tert-OH is 1. The number of aryl methyl sites for hydroxylation is 1. The maximum Gasteiger partial charge on any atom is 0.317 e. The van der Waals surface area contributed by atoms with E-state index in [-0.39, 0.29) is 12.6 Å². The number of amides is 2. The average molecular weight is 368 g/mol. The van der Waals surface area contributed by atoms with Gasteiger partial charge in [-0.1, -0.05) is 42.5 Å². The maximum absolute atomic E-state index is 12.5. The van der Waals surface area contributed by atoms with Crippen molar-refractivity contribution in [2.24, 2.45) is 5.92 Å². The Morgan fingerprint density at radius 1 is 1.22 bits per heavy atom. The number of nitrogens with one attached hydrogen (secondary N) is 1. The summed E-state index contributed by atoms with van der Waals surface area (Å²) in [6, 6.07) is 15.6. The molecule has 3 rings (SSSR count). The molecule has 0 spiro atoms. The summed E-state index contributed by atoms with van der Waals surface area (Å²) in [6.45, 7) is 4.65. The minimum Gasteiger partial charge on any atom is -0.493 e. The number of hydrogen-bond donors (Lipinski definition) is 2. The lowest BCUT2D eigenvalue weighted by Crippen LogP contribution is -2.46. The fourth-order valence-electron chi connectivity index (χ4n) is 3.44. The molecule has 2 N–H and O–H groups in total. The number of benzene rings is 2. The maximum atomic E-state index is 12.5. The van der Waals surface area contributed by atoms with Gasteiger partial charge in [-0.3, -0.25) is 0 Å². The normalized spacial score (nSPS) is 16.8. The third-order valence-corrected chi connectivity index (χ3v) is 4.99. The van der Waals surface area contributed by atoms with Crippen molar-refractivity contribution >= 4 is 6.03 Å². The first-order valence-electron chi connectivity index (χ1n) is 9.55. The van der Waals surface area contributed by atoms with E-state index < -0.39 is 0 Å². The van der Waals surface area contributed by atoms with Crippen LogP contribution in [0.3, 0.4) is 0 Å². The first kappa shape index (κ1) is 19.2. The van der Waals surface area contributed by atoms with Crippen molar-refractivity contribution in [3.63, 3.8) is 0 Å². The number of carbonyl (C=O) groups is 1. The largest absolute Gasteiger partial charge is 0.493 e. The van der Waals surface area contributed by atoms with Crippen LogP contribution >= 0.6 is 0 Å². The van der Waals surface area contributed by atoms with Crippen LogP contribution in [0.1, 0.15) is 29.5 Å². The predicted octanol–water partition coefficient (Wildman–Crippen LogP) is 3.49. The third-order valence-electron chi connectivity index (χ3n) is 4.99. The highest BCUT2D eigenvalue weighted by molar-refractivity contribution is 5.74. The molecule has 0 radical (unpaired) electrons. The molecule has 5 nitrogen and oxygen atoms in total. The number of aliphatic hydroxyl groups is 1. The summed E-state index contributed by atoms with van der Waals surface area (Å²) >= 11 is 0. The Labute approximate surface area is 161 Å². The molecule has 2 aromatic rings. The van der Waals surface area contributed by atoms with Crippen molar-refractivity contribution in [3.05, 3.63) is 65.2 Å². The zero-order valence-corrected chi connectivity index (χ0v) is 15.9. The minimum absolute atomic E-state index is 0.0104. The Kier molecular flexibility index (Phi) is 6.71. The lowest BCUT2D eigenvalue weighted by Gasteiger charge is -2.32. The Morgan fingerprint density at radius 3 is 2.85 bits per heavy atom. The average Bonchev–Trinajstić information content (AvgIpc) is 2.72. The first-order chi connectivity index (χ1) is 13.2. The van der Waals surface area contributed by atoms with Gasteiger partial charge in [0.15, 0.2) is 0 Å². The monoisotopic (exact) mass is 368 g/mol. The Hall–Kier alpha value is -2.53. The fraction of sp³-hybridized carbons (Fsp3) is 0.409. The summed E-state index contributed by atoms with van der Waals surface area (Å²) in [5.74, 6) is 1.27. The molecule has 1 heterocycles. The van der Waals surface area contributed by atoms with E-state index in [1.807, 2.05) is 60.4 Å². The van der Waals surface area contributed by atoms with Gasteiger partial charge < -0.3 is 20.1 Å². The molecule has 1 fully saturated rings. The number of piperidine rings is 1. The second-order valence-corrected chi connectivity index (χ2v) is 7.17. The molecule has 1 aliphatic rings. The molecule has 1 atom stereocenters. The van der Waals surface area contributed by atoms with Crippen LogP contribution in [0.2, 0.25) is 0 Å². The van der Waals surface area contributed by atoms with Crippen LogP contribution < -0.4 is 10.1 Å². The number of carbonyl (C=O) groups excluding carboxylic acids is 1. The van der Waals surface area contributed by atoms with Crippen LogP contribution in [0.4, 0.5) is 4.79 Å². The van der Waals surface area contributed by atoms with Crippen molar-refractivity contribution in [3.8, 4) is 5.75 Å². The summed E-state index contributed by atoms with van der Waals surface area (Å²) in [5, 5.41) is 12.2. The zero-order chi connectivity index (χ0) is 19.1. The zero-order valence-electron chi connectivity index (χ0n) is 15.9. The first-order valence-corrected chi connectivity index (χ1v) is 9.55. The van der Waals surface area contributed by atoms with Gasteiger partial charge in [-0.05, 0) is 42.5 Å². The van der Waals surface area contributed by atoms with Gasteiger partial charge in [0.05, 0.1) is 13.2 Å². The summed E-state index contributed by atoms with van der Waals surface area (Å²) in [7, 11) is 0. The predicted molar refractivity (Wildman–Crippen MR) is 106 cm³/mol. The van der Waals surface area contributed by atoms with Crippen molar-refractivity contribution in [1.82, 2.24) is 10.2 Å². The minimum atomic E-state index is -0.0370. The molecular formula is C22H28N2O3. The van der Waals surface area contributed by atoms with Crippen LogP contribution in [-0.4, -0.2) is 35.7 Å². The molecule has 0 aliphatic carbocycles. The fourth-order valence-corrected chi connectivity index (χ4v) is 3.44. The topological polar surface area (TPSA) is 61.8 Å². The molecule has 1 saturated heterocycles. The van der Waals surface area contributed by atoms with Gasteiger partial charge in [-0.25, -0.2) is 4.79 Å². The van der Waals surface area contributed by atoms with Crippen LogP contribution in [0, 0.1) is 12.8 Å². The highest BCUT2D eigenvalue weighted by atomic mass is 16.5. The number of urea groups is 1. The molecule has 0 unspecified atom stereocenters. The molecule has 2 amide bonds. The molecule has 0 aromatic heterocycles. The van der Waals surface area contributed by atoms with Gasteiger partial charge in [0.1, 0.15) is 5.75 Å². The molecular weight excluding hydrogens is 340 g/mol. The SMILES string of the molecule is Cc1ccccc1OC[C@H]1CCCN(C(=O)NCc2cccc(CO)c2)C1. The van der Waals surface area contributed by atoms with Gasteiger partial charge in [0.25, 0.3) is 0 Å². The molecule has 0 saturated carbocycles. The highest BCUT2D eigenvalue weighted by Crippen LogP contribution is 2.21.